The monoisotopic (exact) mass is 735 g/mol. The van der Waals surface area contributed by atoms with Crippen LogP contribution in [0.4, 0.5) is 17.1 Å². The van der Waals surface area contributed by atoms with Gasteiger partial charge in [-0.1, -0.05) is 161 Å². The maximum Gasteiger partial charge on any atom is 0.0540 e. The molecule has 2 aliphatic carbocycles. The van der Waals surface area contributed by atoms with Gasteiger partial charge >= 0.3 is 0 Å². The lowest BCUT2D eigenvalue weighted by Gasteiger charge is -2.30. The zero-order valence-corrected chi connectivity index (χ0v) is 32.9. The Balaban J connectivity index is 1.08. The van der Waals surface area contributed by atoms with E-state index >= 15 is 0 Å². The van der Waals surface area contributed by atoms with Gasteiger partial charge in [0.2, 0.25) is 0 Å². The molecule has 0 amide bonds. The second-order valence-corrected chi connectivity index (χ2v) is 17.6. The standard InChI is InChI=1S/C54H41NS/c1-53(2)46-20-9-5-15-40(46)42-31-29-37(33-48(42)53)55(49-22-11-7-14-38(49)35-26-30-44-43-17-8-12-23-50(43)56-51(44)32-35)36-27-24-34(25-28-36)39-18-13-19-45-41-16-6-10-21-47(41)54(3,4)52(39)45/h5-33H,1-4H3. The van der Waals surface area contributed by atoms with Gasteiger partial charge in [-0.05, 0) is 104 Å². The van der Waals surface area contributed by atoms with Crippen molar-refractivity contribution in [2.75, 3.05) is 4.90 Å². The molecular formula is C54H41NS. The Morgan fingerprint density at radius 1 is 0.375 bits per heavy atom. The largest absolute Gasteiger partial charge is 0.310 e. The van der Waals surface area contributed by atoms with Crippen molar-refractivity contribution in [2.24, 2.45) is 0 Å². The average Bonchev–Trinajstić information content (AvgIpc) is 3.81. The van der Waals surface area contributed by atoms with Gasteiger partial charge in [0, 0.05) is 47.9 Å². The van der Waals surface area contributed by atoms with Crippen LogP contribution in [0.5, 0.6) is 0 Å². The smallest absolute Gasteiger partial charge is 0.0540 e. The van der Waals surface area contributed by atoms with Crippen molar-refractivity contribution in [2.45, 2.75) is 38.5 Å². The molecule has 1 heterocycles. The van der Waals surface area contributed by atoms with Crippen LogP contribution in [0, 0.1) is 0 Å². The number of fused-ring (bicyclic) bond motifs is 9. The Morgan fingerprint density at radius 2 is 0.946 bits per heavy atom. The molecular weight excluding hydrogens is 695 g/mol. The number of rotatable bonds is 5. The Morgan fingerprint density at radius 3 is 1.75 bits per heavy atom. The van der Waals surface area contributed by atoms with Gasteiger partial charge in [-0.3, -0.25) is 0 Å². The van der Waals surface area contributed by atoms with Gasteiger partial charge in [-0.2, -0.15) is 0 Å². The first-order chi connectivity index (χ1) is 27.3. The first kappa shape index (κ1) is 33.1. The summed E-state index contributed by atoms with van der Waals surface area (Å²) in [6, 6.07) is 65.7. The lowest BCUT2D eigenvalue weighted by molar-refractivity contribution is 0.660. The molecule has 2 aliphatic rings. The Bertz CT molecular complexity index is 3030. The normalized spacial score (nSPS) is 14.4. The van der Waals surface area contributed by atoms with E-state index in [1.165, 1.54) is 86.9 Å². The van der Waals surface area contributed by atoms with Crippen LogP contribution in [0.1, 0.15) is 49.9 Å². The van der Waals surface area contributed by atoms with Crippen LogP contribution >= 0.6 is 11.3 Å². The number of thiophene rings is 1. The van der Waals surface area contributed by atoms with Crippen LogP contribution in [0.25, 0.3) is 64.7 Å². The molecule has 1 nitrogen and oxygen atoms in total. The van der Waals surface area contributed by atoms with Gasteiger partial charge in [0.1, 0.15) is 0 Å². The number of hydrogen-bond donors (Lipinski definition) is 0. The van der Waals surface area contributed by atoms with Gasteiger partial charge < -0.3 is 4.90 Å². The predicted molar refractivity (Wildman–Crippen MR) is 240 cm³/mol. The lowest BCUT2D eigenvalue weighted by atomic mass is 9.79. The minimum Gasteiger partial charge on any atom is -0.310 e. The molecule has 0 spiro atoms. The maximum atomic E-state index is 2.47. The fraction of sp³-hybridized carbons (Fsp3) is 0.111. The Kier molecular flexibility index (Phi) is 7.18. The van der Waals surface area contributed by atoms with Crippen LogP contribution in [0.15, 0.2) is 176 Å². The van der Waals surface area contributed by atoms with Gasteiger partial charge in [-0.25, -0.2) is 0 Å². The fourth-order valence-electron chi connectivity index (χ4n) is 9.94. The number of hydrogen-bond acceptors (Lipinski definition) is 2. The summed E-state index contributed by atoms with van der Waals surface area (Å²) in [4.78, 5) is 2.47. The van der Waals surface area contributed by atoms with E-state index in [0.717, 1.165) is 17.1 Å². The van der Waals surface area contributed by atoms with Gasteiger partial charge in [0.25, 0.3) is 0 Å². The van der Waals surface area contributed by atoms with Crippen molar-refractivity contribution in [3.05, 3.63) is 198 Å². The summed E-state index contributed by atoms with van der Waals surface area (Å²) in [7, 11) is 0. The van der Waals surface area contributed by atoms with E-state index in [0.29, 0.717) is 0 Å². The fourth-order valence-corrected chi connectivity index (χ4v) is 11.1. The summed E-state index contributed by atoms with van der Waals surface area (Å²) in [5.41, 5.74) is 19.1. The average molecular weight is 736 g/mol. The highest BCUT2D eigenvalue weighted by atomic mass is 32.1. The van der Waals surface area contributed by atoms with Crippen molar-refractivity contribution in [3.63, 3.8) is 0 Å². The van der Waals surface area contributed by atoms with E-state index in [1.54, 1.807) is 0 Å². The minimum absolute atomic E-state index is 0.0868. The molecule has 8 aromatic carbocycles. The highest BCUT2D eigenvalue weighted by Crippen LogP contribution is 2.54. The highest BCUT2D eigenvalue weighted by Gasteiger charge is 2.38. The van der Waals surface area contributed by atoms with Crippen LogP contribution < -0.4 is 4.90 Å². The summed E-state index contributed by atoms with van der Waals surface area (Å²) >= 11 is 1.87. The van der Waals surface area contributed by atoms with Crippen molar-refractivity contribution >= 4 is 48.6 Å². The van der Waals surface area contributed by atoms with Gasteiger partial charge in [-0.15, -0.1) is 11.3 Å². The van der Waals surface area contributed by atoms with Crippen molar-refractivity contribution in [1.82, 2.24) is 0 Å². The molecule has 0 saturated heterocycles. The Hall–Kier alpha value is -6.22. The molecule has 0 N–H and O–H groups in total. The maximum absolute atomic E-state index is 2.47. The molecule has 1 aromatic heterocycles. The van der Waals surface area contributed by atoms with Crippen LogP contribution in [0.2, 0.25) is 0 Å². The summed E-state index contributed by atoms with van der Waals surface area (Å²) in [6.07, 6.45) is 0. The third-order valence-corrected chi connectivity index (χ3v) is 13.8. The summed E-state index contributed by atoms with van der Waals surface area (Å²) in [5.74, 6) is 0. The molecule has 0 radical (unpaired) electrons. The van der Waals surface area contributed by atoms with Crippen LogP contribution in [-0.2, 0) is 10.8 Å². The molecule has 0 atom stereocenters. The predicted octanol–water partition coefficient (Wildman–Crippen LogP) is 15.5. The minimum atomic E-state index is -0.110. The number of para-hydroxylation sites is 1. The molecule has 2 heteroatoms. The van der Waals surface area contributed by atoms with E-state index in [2.05, 4.69) is 209 Å². The van der Waals surface area contributed by atoms with E-state index in [9.17, 15) is 0 Å². The van der Waals surface area contributed by atoms with Gasteiger partial charge in [0.15, 0.2) is 0 Å². The molecule has 0 unspecified atom stereocenters. The molecule has 11 rings (SSSR count). The molecule has 268 valence electrons. The Labute approximate surface area is 333 Å². The quantitative estimate of drug-likeness (QED) is 0.170. The lowest BCUT2D eigenvalue weighted by Crippen LogP contribution is -2.17. The van der Waals surface area contributed by atoms with Crippen molar-refractivity contribution in [1.29, 1.82) is 0 Å². The first-order valence-electron chi connectivity index (χ1n) is 19.7. The summed E-state index contributed by atoms with van der Waals surface area (Å²) in [6.45, 7) is 9.48. The van der Waals surface area contributed by atoms with E-state index in [1.807, 2.05) is 11.3 Å². The second kappa shape index (κ2) is 12.1. The number of benzene rings is 8. The second-order valence-electron chi connectivity index (χ2n) is 16.5. The van der Waals surface area contributed by atoms with E-state index in [4.69, 9.17) is 0 Å². The van der Waals surface area contributed by atoms with Crippen molar-refractivity contribution in [3.8, 4) is 44.5 Å². The SMILES string of the molecule is CC1(C)c2ccccc2-c2ccc(N(c3ccc(-c4cccc5c4C(C)(C)c4ccccc4-5)cc3)c3ccccc3-c3ccc4c(c3)sc3ccccc34)cc21. The third kappa shape index (κ3) is 4.79. The van der Waals surface area contributed by atoms with Crippen molar-refractivity contribution < 1.29 is 0 Å². The van der Waals surface area contributed by atoms with Crippen LogP contribution in [0.3, 0.4) is 0 Å². The zero-order chi connectivity index (χ0) is 37.8. The highest BCUT2D eigenvalue weighted by molar-refractivity contribution is 7.25. The van der Waals surface area contributed by atoms with E-state index < -0.39 is 0 Å². The molecule has 0 aliphatic heterocycles. The molecule has 0 bridgehead atoms. The number of nitrogens with zero attached hydrogens (tertiary/aromatic N) is 1. The first-order valence-corrected chi connectivity index (χ1v) is 20.5. The molecule has 0 saturated carbocycles. The van der Waals surface area contributed by atoms with E-state index in [-0.39, 0.29) is 10.8 Å². The molecule has 0 fully saturated rings. The molecule has 9 aromatic rings. The summed E-state index contributed by atoms with van der Waals surface area (Å²) in [5, 5.41) is 2.64. The topological polar surface area (TPSA) is 3.24 Å². The van der Waals surface area contributed by atoms with Crippen LogP contribution in [-0.4, -0.2) is 0 Å². The zero-order valence-electron chi connectivity index (χ0n) is 32.1. The number of anilines is 3. The molecule has 56 heavy (non-hydrogen) atoms. The van der Waals surface area contributed by atoms with Gasteiger partial charge in [0.05, 0.1) is 5.69 Å². The summed E-state index contributed by atoms with van der Waals surface area (Å²) < 4.78 is 2.64. The third-order valence-electron chi connectivity index (χ3n) is 12.7.